The van der Waals surface area contributed by atoms with E-state index in [1.807, 2.05) is 40.7 Å². The smallest absolute Gasteiger partial charge is 0.118 e. The summed E-state index contributed by atoms with van der Waals surface area (Å²) < 4.78 is 0. The molecule has 1 N–H and O–H groups in total. The zero-order valence-corrected chi connectivity index (χ0v) is 8.60. The fourth-order valence-electron chi connectivity index (χ4n) is 0.945. The fourth-order valence-corrected chi connectivity index (χ4v) is 0.945. The lowest BCUT2D eigenvalue weighted by Crippen LogP contribution is -1.82. The van der Waals surface area contributed by atoms with Gasteiger partial charge in [-0.3, -0.25) is 0 Å². The summed E-state index contributed by atoms with van der Waals surface area (Å²) in [6.07, 6.45) is 0. The highest BCUT2D eigenvalue weighted by molar-refractivity contribution is 5.39. The van der Waals surface area contributed by atoms with Gasteiger partial charge in [-0.1, -0.05) is 19.9 Å². The summed E-state index contributed by atoms with van der Waals surface area (Å²) in [5, 5.41) is 9.22. The summed E-state index contributed by atoms with van der Waals surface area (Å²) in [6.45, 7) is 9.94. The molecule has 0 heterocycles. The molecule has 0 amide bonds. The average molecular weight is 166 g/mol. The molecule has 1 nitrogen and oxygen atoms in total. The number of hydrogen-bond donors (Lipinski definition) is 1. The first-order chi connectivity index (χ1) is 5.61. The molecule has 0 saturated carbocycles. The summed E-state index contributed by atoms with van der Waals surface area (Å²) in [4.78, 5) is 0. The van der Waals surface area contributed by atoms with Gasteiger partial charge < -0.3 is 5.11 Å². The minimum atomic E-state index is 0.392. The zero-order chi connectivity index (χ0) is 9.72. The number of aromatic hydroxyl groups is 1. The molecule has 12 heavy (non-hydrogen) atoms. The standard InChI is InChI=1S/C9H12O.C2H6/c1-6-4-8(3)9(10)5-7(6)2;1-2/h4-5,10H,1-3H3;1-2H3. The predicted molar refractivity (Wildman–Crippen MR) is 53.7 cm³/mol. The van der Waals surface area contributed by atoms with Crippen LogP contribution in [0.25, 0.3) is 0 Å². The Bertz CT molecular complexity index is 201. The molecule has 0 unspecified atom stereocenters. The maximum Gasteiger partial charge on any atom is 0.118 e. The second kappa shape index (κ2) is 4.81. The first kappa shape index (κ1) is 11.0. The Kier molecular flexibility index (Phi) is 4.42. The minimum Gasteiger partial charge on any atom is -0.508 e. The molecule has 1 aromatic carbocycles. The highest BCUT2D eigenvalue weighted by atomic mass is 16.3. The van der Waals surface area contributed by atoms with Crippen molar-refractivity contribution in [1.29, 1.82) is 0 Å². The van der Waals surface area contributed by atoms with E-state index in [4.69, 9.17) is 0 Å². The van der Waals surface area contributed by atoms with Gasteiger partial charge in [0.1, 0.15) is 5.75 Å². The molecule has 0 aliphatic rings. The topological polar surface area (TPSA) is 20.2 Å². The number of benzene rings is 1. The van der Waals surface area contributed by atoms with Gasteiger partial charge >= 0.3 is 0 Å². The van der Waals surface area contributed by atoms with Crippen LogP contribution in [0.4, 0.5) is 0 Å². The molecule has 0 fully saturated rings. The molecule has 0 bridgehead atoms. The van der Waals surface area contributed by atoms with Gasteiger partial charge in [0.05, 0.1) is 0 Å². The Hall–Kier alpha value is -0.980. The van der Waals surface area contributed by atoms with Crippen molar-refractivity contribution in [2.45, 2.75) is 34.6 Å². The molecule has 0 spiro atoms. The molecule has 0 aliphatic heterocycles. The van der Waals surface area contributed by atoms with Crippen molar-refractivity contribution in [3.63, 3.8) is 0 Å². The van der Waals surface area contributed by atoms with E-state index in [0.29, 0.717) is 5.75 Å². The van der Waals surface area contributed by atoms with Crippen LogP contribution in [0.5, 0.6) is 5.75 Å². The molecule has 1 aromatic rings. The van der Waals surface area contributed by atoms with E-state index in [1.165, 1.54) is 5.56 Å². The number of hydrogen-bond acceptors (Lipinski definition) is 1. The lowest BCUT2D eigenvalue weighted by atomic mass is 10.1. The second-order valence-corrected chi connectivity index (χ2v) is 2.72. The largest absolute Gasteiger partial charge is 0.508 e. The van der Waals surface area contributed by atoms with Gasteiger partial charge in [-0.05, 0) is 43.5 Å². The van der Waals surface area contributed by atoms with Crippen LogP contribution in [0.3, 0.4) is 0 Å². The van der Waals surface area contributed by atoms with E-state index in [-0.39, 0.29) is 0 Å². The van der Waals surface area contributed by atoms with Crippen LogP contribution in [-0.4, -0.2) is 5.11 Å². The normalized spacial score (nSPS) is 8.75. The maximum atomic E-state index is 9.22. The zero-order valence-electron chi connectivity index (χ0n) is 8.60. The van der Waals surface area contributed by atoms with Crippen LogP contribution >= 0.6 is 0 Å². The van der Waals surface area contributed by atoms with E-state index in [9.17, 15) is 5.11 Å². The van der Waals surface area contributed by atoms with Gasteiger partial charge in [0, 0.05) is 0 Å². The van der Waals surface area contributed by atoms with Crippen LogP contribution in [0.1, 0.15) is 30.5 Å². The summed E-state index contributed by atoms with van der Waals surface area (Å²) in [7, 11) is 0. The summed E-state index contributed by atoms with van der Waals surface area (Å²) in [5.74, 6) is 0.392. The van der Waals surface area contributed by atoms with Gasteiger partial charge in [-0.2, -0.15) is 0 Å². The first-order valence-corrected chi connectivity index (χ1v) is 4.38. The Balaban J connectivity index is 0.000000561. The van der Waals surface area contributed by atoms with Crippen molar-refractivity contribution in [3.8, 4) is 5.75 Å². The van der Waals surface area contributed by atoms with Gasteiger partial charge in [-0.25, -0.2) is 0 Å². The van der Waals surface area contributed by atoms with Gasteiger partial charge in [-0.15, -0.1) is 0 Å². The van der Waals surface area contributed by atoms with Crippen molar-refractivity contribution in [1.82, 2.24) is 0 Å². The molecule has 0 radical (unpaired) electrons. The third-order valence-electron chi connectivity index (χ3n) is 1.81. The van der Waals surface area contributed by atoms with E-state index < -0.39 is 0 Å². The Morgan fingerprint density at radius 1 is 0.833 bits per heavy atom. The second-order valence-electron chi connectivity index (χ2n) is 2.72. The van der Waals surface area contributed by atoms with Crippen LogP contribution in [0.2, 0.25) is 0 Å². The third-order valence-corrected chi connectivity index (χ3v) is 1.81. The number of rotatable bonds is 0. The first-order valence-electron chi connectivity index (χ1n) is 4.38. The van der Waals surface area contributed by atoms with E-state index in [0.717, 1.165) is 11.1 Å². The lowest BCUT2D eigenvalue weighted by molar-refractivity contribution is 0.470. The fraction of sp³-hybridized carbons (Fsp3) is 0.455. The average Bonchev–Trinajstić information content (AvgIpc) is 2.05. The number of phenolic OH excluding ortho intramolecular Hbond substituents is 1. The number of phenols is 1. The summed E-state index contributed by atoms with van der Waals surface area (Å²) in [6, 6.07) is 3.79. The van der Waals surface area contributed by atoms with Crippen molar-refractivity contribution < 1.29 is 5.11 Å². The molecule has 68 valence electrons. The number of aryl methyl sites for hydroxylation is 3. The summed E-state index contributed by atoms with van der Waals surface area (Å²) in [5.41, 5.74) is 3.32. The molecule has 0 aliphatic carbocycles. The lowest BCUT2D eigenvalue weighted by Gasteiger charge is -2.02. The van der Waals surface area contributed by atoms with Crippen LogP contribution < -0.4 is 0 Å². The van der Waals surface area contributed by atoms with Crippen molar-refractivity contribution >= 4 is 0 Å². The highest BCUT2D eigenvalue weighted by Gasteiger charge is 1.97. The maximum absolute atomic E-state index is 9.22. The van der Waals surface area contributed by atoms with Crippen LogP contribution in [0.15, 0.2) is 12.1 Å². The predicted octanol–water partition coefficient (Wildman–Crippen LogP) is 3.34. The van der Waals surface area contributed by atoms with E-state index >= 15 is 0 Å². The molecular formula is C11H18O. The SMILES string of the molecule is CC.Cc1cc(C)c(O)cc1C. The highest BCUT2D eigenvalue weighted by Crippen LogP contribution is 2.19. The van der Waals surface area contributed by atoms with Crippen molar-refractivity contribution in [3.05, 3.63) is 28.8 Å². The third kappa shape index (κ3) is 2.57. The van der Waals surface area contributed by atoms with Crippen molar-refractivity contribution in [2.24, 2.45) is 0 Å². The summed E-state index contributed by atoms with van der Waals surface area (Å²) >= 11 is 0. The molecule has 1 heteroatoms. The van der Waals surface area contributed by atoms with Crippen molar-refractivity contribution in [2.75, 3.05) is 0 Å². The Morgan fingerprint density at radius 2 is 1.25 bits per heavy atom. The minimum absolute atomic E-state index is 0.392. The monoisotopic (exact) mass is 166 g/mol. The molecule has 0 saturated heterocycles. The molecule has 1 rings (SSSR count). The molecular weight excluding hydrogens is 148 g/mol. The van der Waals surface area contributed by atoms with E-state index in [2.05, 4.69) is 0 Å². The van der Waals surface area contributed by atoms with Gasteiger partial charge in [0.25, 0.3) is 0 Å². The van der Waals surface area contributed by atoms with Gasteiger partial charge in [0.2, 0.25) is 0 Å². The quantitative estimate of drug-likeness (QED) is 0.626. The molecule has 0 aromatic heterocycles. The van der Waals surface area contributed by atoms with Crippen LogP contribution in [0, 0.1) is 20.8 Å². The molecule has 0 atom stereocenters. The van der Waals surface area contributed by atoms with Crippen LogP contribution in [-0.2, 0) is 0 Å². The Morgan fingerprint density at radius 3 is 1.67 bits per heavy atom. The van der Waals surface area contributed by atoms with Gasteiger partial charge in [0.15, 0.2) is 0 Å². The Labute approximate surface area is 75.1 Å². The van der Waals surface area contributed by atoms with E-state index in [1.54, 1.807) is 6.07 Å².